The fourth-order valence-corrected chi connectivity index (χ4v) is 12.3. The third-order valence-corrected chi connectivity index (χ3v) is 18.0. The van der Waals surface area contributed by atoms with E-state index in [0.717, 1.165) is 45.1 Å². The maximum Gasteiger partial charge on any atom is 0.425 e. The second kappa shape index (κ2) is 40.4. The van der Waals surface area contributed by atoms with Crippen LogP contribution in [0, 0.1) is 0 Å². The molecule has 14 aromatic carbocycles. The topological polar surface area (TPSA) is 630 Å². The van der Waals surface area contributed by atoms with Crippen molar-refractivity contribution in [2.45, 2.75) is 14.7 Å². The zero-order chi connectivity index (χ0) is 83.5. The van der Waals surface area contributed by atoms with E-state index in [1.54, 1.807) is 84.9 Å². The number of hydrogen-bond acceptors (Lipinski definition) is 33. The summed E-state index contributed by atoms with van der Waals surface area (Å²) in [5, 5.41) is 120. The van der Waals surface area contributed by atoms with E-state index in [2.05, 4.69) is 40.9 Å². The number of benzene rings is 14. The summed E-state index contributed by atoms with van der Waals surface area (Å²) < 4.78 is 172. The van der Waals surface area contributed by atoms with Gasteiger partial charge in [-0.05, 0) is 106 Å². The molecule has 0 radical (unpaired) electrons. The van der Waals surface area contributed by atoms with Crippen LogP contribution in [0.1, 0.15) is 0 Å². The van der Waals surface area contributed by atoms with Crippen LogP contribution in [-0.4, -0.2) is 118 Å². The summed E-state index contributed by atoms with van der Waals surface area (Å²) in [6, 6.07) is 62.7. The zero-order valence-electron chi connectivity index (χ0n) is 58.1. The maximum absolute atomic E-state index is 11.6. The predicted octanol–water partition coefficient (Wildman–Crippen LogP) is 14.9. The van der Waals surface area contributed by atoms with Gasteiger partial charge in [-0.2, -0.15) is 25.3 Å². The average molecular weight is 1770 g/mol. The van der Waals surface area contributed by atoms with Gasteiger partial charge in [0.25, 0.3) is 30.4 Å². The number of aromatic hydroxyl groups is 8. The smallest absolute Gasteiger partial charge is 0.425 e. The van der Waals surface area contributed by atoms with Gasteiger partial charge in [-0.1, -0.05) is 152 Å². The van der Waals surface area contributed by atoms with Gasteiger partial charge in [-0.3, -0.25) is 13.7 Å². The first kappa shape index (κ1) is 91.6. The number of nitrogen functional groups attached to an aromatic ring is 2. The van der Waals surface area contributed by atoms with E-state index in [0.29, 0.717) is 32.9 Å². The van der Waals surface area contributed by atoms with Crippen molar-refractivity contribution in [3.05, 3.63) is 237 Å². The molecule has 0 heterocycles. The summed E-state index contributed by atoms with van der Waals surface area (Å²) in [5.41, 5.74) is 13.2. The molecular weight excluding hydrogens is 1720 g/mol. The molecular formula is C72H54Cr2N10O26S6. The Hall–Kier alpha value is -13.3. The van der Waals surface area contributed by atoms with Crippen molar-refractivity contribution < 1.29 is 152 Å². The Balaban J connectivity index is 0.000000228. The van der Waals surface area contributed by atoms with E-state index in [1.807, 2.05) is 72.8 Å². The SMILES string of the molecule is Nc1cc(S(=O)(=O)O)cc2ccc(N=Nc3ccccc3O)c(O)c12.Nc1cc(S(=O)(=O)O)cc2ccc(N=Nc3ccccc3O)c(O)c12.O=S(=O)(O)c1cc(O)c(N=Nc2c(O)ccc3ccccc23)c2ccccc12.O=S(=O)=O.O=S(=O)=O.O=S(=O)=O.Oc1ccc2ccccc2c1N=Nc1c(O)ccc2ccccc12.[Cr].[Cr]. The number of nitrogens with two attached hydrogens (primary N) is 2. The first-order valence-corrected chi connectivity index (χ1v) is 38.6. The summed E-state index contributed by atoms with van der Waals surface area (Å²) >= 11 is 0. The molecule has 0 aliphatic heterocycles. The first-order valence-electron chi connectivity index (χ1n) is 31.3. The second-order valence-electron chi connectivity index (χ2n) is 22.7. The van der Waals surface area contributed by atoms with E-state index in [9.17, 15) is 70.7 Å². The van der Waals surface area contributed by atoms with Gasteiger partial charge in [-0.25, -0.2) is 0 Å². The third kappa shape index (κ3) is 24.1. The quantitative estimate of drug-likeness (QED) is 0.0325. The van der Waals surface area contributed by atoms with Crippen LogP contribution in [0.15, 0.2) is 292 Å². The number of phenols is 8. The number of phenolic OH excluding ortho intramolecular Hbond substituents is 8. The summed E-state index contributed by atoms with van der Waals surface area (Å²) in [7, 11) is -22.7. The largest absolute Gasteiger partial charge is 0.506 e. The van der Waals surface area contributed by atoms with Gasteiger partial charge in [0.15, 0.2) is 11.5 Å². The van der Waals surface area contributed by atoms with Gasteiger partial charge >= 0.3 is 31.8 Å². The Morgan fingerprint density at radius 3 is 0.836 bits per heavy atom. The van der Waals surface area contributed by atoms with Crippen LogP contribution in [0.5, 0.6) is 46.0 Å². The number of fused-ring (bicyclic) bond motifs is 6. The van der Waals surface area contributed by atoms with E-state index in [1.165, 1.54) is 60.7 Å². The molecule has 0 aromatic heterocycles. The van der Waals surface area contributed by atoms with Crippen molar-refractivity contribution in [1.29, 1.82) is 0 Å². The van der Waals surface area contributed by atoms with Crippen molar-refractivity contribution in [3.63, 3.8) is 0 Å². The van der Waals surface area contributed by atoms with E-state index in [4.69, 9.17) is 58.5 Å². The molecule has 0 aliphatic carbocycles. The molecule has 15 N–H and O–H groups in total. The van der Waals surface area contributed by atoms with Crippen molar-refractivity contribution in [2.24, 2.45) is 40.9 Å². The Morgan fingerprint density at radius 2 is 0.526 bits per heavy atom. The monoisotopic (exact) mass is 1770 g/mol. The molecule has 0 fully saturated rings. The van der Waals surface area contributed by atoms with Gasteiger partial charge in [0, 0.05) is 89.9 Å². The van der Waals surface area contributed by atoms with Crippen molar-refractivity contribution >= 4 is 184 Å². The Morgan fingerprint density at radius 1 is 0.259 bits per heavy atom. The standard InChI is InChI=1S/C20H14N2O5S.C20H14N2O2.2C16H13N3O5S.2Cr.3O3S/c23-16-10-9-12-5-1-2-6-13(12)19(16)21-22-20-15-8-4-3-7-14(15)18(11-17(20)24)28(25,26)27;23-17-11-9-13-5-1-3-7-15(13)19(17)21-22-20-16-8-4-2-6-14(16)10-12-18(20)24;2*17-11-8-10(25(22,23)24)7-9-5-6-13(16(21)15(9)11)19-18-12-3-1-2-4-14(12)20;;;3*1-4(2)3/h1-11,23-24H,(H,25,26,27);1-12,23-24H;2*1-8,20-21H,17H2,(H,22,23,24);;;;;. The summed E-state index contributed by atoms with van der Waals surface area (Å²) in [5.74, 6) is -1.16. The Bertz CT molecular complexity index is 6640. The number of hydrogen-bond donors (Lipinski definition) is 13. The molecule has 0 amide bonds. The molecule has 0 bridgehead atoms. The van der Waals surface area contributed by atoms with Crippen molar-refractivity contribution in [3.8, 4) is 46.0 Å². The minimum absolute atomic E-state index is 0. The minimum Gasteiger partial charge on any atom is -0.506 e. The number of para-hydroxylation sites is 2. The van der Waals surface area contributed by atoms with Crippen LogP contribution in [-0.2, 0) is 96.9 Å². The molecule has 44 heteroatoms. The molecule has 14 rings (SSSR count). The Labute approximate surface area is 680 Å². The number of azo groups is 4. The van der Waals surface area contributed by atoms with Crippen LogP contribution in [0.25, 0.3) is 64.6 Å². The summed E-state index contributed by atoms with van der Waals surface area (Å²) in [4.78, 5) is -1.17. The van der Waals surface area contributed by atoms with Gasteiger partial charge in [0.1, 0.15) is 84.9 Å². The first-order chi connectivity index (χ1) is 53.8. The van der Waals surface area contributed by atoms with Gasteiger partial charge in [0.05, 0.1) is 9.79 Å². The van der Waals surface area contributed by atoms with Gasteiger partial charge < -0.3 is 52.3 Å². The van der Waals surface area contributed by atoms with E-state index >= 15 is 0 Å². The summed E-state index contributed by atoms with van der Waals surface area (Å²) in [6.07, 6.45) is 0. The maximum atomic E-state index is 11.6. The van der Waals surface area contributed by atoms with Crippen LogP contribution < -0.4 is 11.5 Å². The minimum atomic E-state index is -4.54. The zero-order valence-corrected chi connectivity index (χ0v) is 65.5. The molecule has 116 heavy (non-hydrogen) atoms. The van der Waals surface area contributed by atoms with Crippen LogP contribution in [0.2, 0.25) is 0 Å². The fraction of sp³-hybridized carbons (Fsp3) is 0. The van der Waals surface area contributed by atoms with E-state index < -0.39 is 72.8 Å². The molecule has 36 nitrogen and oxygen atoms in total. The molecule has 0 saturated carbocycles. The third-order valence-electron chi connectivity index (χ3n) is 15.4. The van der Waals surface area contributed by atoms with Crippen LogP contribution in [0.4, 0.5) is 56.9 Å². The van der Waals surface area contributed by atoms with Gasteiger partial charge in [-0.15, -0.1) is 78.8 Å². The van der Waals surface area contributed by atoms with Crippen LogP contribution >= 0.6 is 0 Å². The molecule has 14 aromatic rings. The summed E-state index contributed by atoms with van der Waals surface area (Å²) in [6.45, 7) is 0. The molecule has 0 aliphatic rings. The number of rotatable bonds is 11. The molecule has 0 spiro atoms. The molecule has 0 saturated heterocycles. The number of nitrogens with zero attached hydrogens (tertiary/aromatic N) is 8. The normalized spacial score (nSPS) is 11.1. The van der Waals surface area contributed by atoms with Crippen molar-refractivity contribution in [2.75, 3.05) is 11.5 Å². The average Bonchev–Trinajstić information content (AvgIpc) is 0.999. The molecule has 596 valence electrons. The van der Waals surface area contributed by atoms with Crippen molar-refractivity contribution in [1.82, 2.24) is 0 Å². The van der Waals surface area contributed by atoms with E-state index in [-0.39, 0.29) is 146 Å². The van der Waals surface area contributed by atoms with Gasteiger partial charge in [0.2, 0.25) is 0 Å². The number of anilines is 2. The predicted molar refractivity (Wildman–Crippen MR) is 414 cm³/mol. The molecule has 0 unspecified atom stereocenters. The fourth-order valence-electron chi connectivity index (χ4n) is 10.5. The second-order valence-corrected chi connectivity index (χ2v) is 28.1. The Kier molecular flexibility index (Phi) is 31.9. The molecule has 0 atom stereocenters. The van der Waals surface area contributed by atoms with Crippen LogP contribution in [0.3, 0.4) is 0 Å².